The van der Waals surface area contributed by atoms with Crippen molar-refractivity contribution in [2.45, 2.75) is 33.6 Å². The molecule has 0 aliphatic heterocycles. The Morgan fingerprint density at radius 3 is 2.57 bits per heavy atom. The minimum Gasteiger partial charge on any atom is -0.462 e. The van der Waals surface area contributed by atoms with Crippen LogP contribution in [0.3, 0.4) is 0 Å². The van der Waals surface area contributed by atoms with E-state index in [1.807, 2.05) is 19.1 Å². The number of rotatable bonds is 5. The van der Waals surface area contributed by atoms with Crippen molar-refractivity contribution in [2.75, 3.05) is 11.9 Å². The number of nitrogens with one attached hydrogen (secondary N) is 1. The first kappa shape index (κ1) is 15.5. The average molecular weight is 304 g/mol. The zero-order chi connectivity index (χ0) is 15.4. The molecule has 0 spiro atoms. The Hall–Kier alpha value is -1.88. The molecule has 4 nitrogen and oxygen atoms in total. The van der Waals surface area contributed by atoms with Gasteiger partial charge in [-0.2, -0.15) is 0 Å². The number of thiazole rings is 1. The van der Waals surface area contributed by atoms with Crippen LogP contribution in [0.25, 0.3) is 0 Å². The summed E-state index contributed by atoms with van der Waals surface area (Å²) in [5.74, 6) is 0.201. The van der Waals surface area contributed by atoms with E-state index < -0.39 is 0 Å². The quantitative estimate of drug-likeness (QED) is 0.827. The summed E-state index contributed by atoms with van der Waals surface area (Å²) in [6.45, 7) is 8.31. The molecule has 0 saturated heterocycles. The first-order chi connectivity index (χ1) is 10.0. The SMILES string of the molecule is CCOC(=O)c1sc(Nc2ccc(C(C)C)cc2)nc1C. The molecule has 0 aliphatic rings. The maximum absolute atomic E-state index is 11.8. The second-order valence-electron chi connectivity index (χ2n) is 5.06. The van der Waals surface area contributed by atoms with E-state index in [9.17, 15) is 4.79 Å². The van der Waals surface area contributed by atoms with Gasteiger partial charge in [0.2, 0.25) is 0 Å². The molecule has 112 valence electrons. The third-order valence-corrected chi connectivity index (χ3v) is 4.14. The average Bonchev–Trinajstić information content (AvgIpc) is 2.80. The van der Waals surface area contributed by atoms with Crippen molar-refractivity contribution in [3.63, 3.8) is 0 Å². The minimum atomic E-state index is -0.310. The van der Waals surface area contributed by atoms with Crippen molar-refractivity contribution < 1.29 is 9.53 Å². The van der Waals surface area contributed by atoms with E-state index in [4.69, 9.17) is 4.74 Å². The van der Waals surface area contributed by atoms with Gasteiger partial charge in [0, 0.05) is 5.69 Å². The topological polar surface area (TPSA) is 51.2 Å². The number of anilines is 2. The highest BCUT2D eigenvalue weighted by molar-refractivity contribution is 7.17. The highest BCUT2D eigenvalue weighted by Gasteiger charge is 2.16. The second kappa shape index (κ2) is 6.72. The lowest BCUT2D eigenvalue weighted by atomic mass is 10.0. The van der Waals surface area contributed by atoms with Gasteiger partial charge in [-0.15, -0.1) is 0 Å². The van der Waals surface area contributed by atoms with Crippen LogP contribution in [-0.4, -0.2) is 17.6 Å². The Bertz CT molecular complexity index is 618. The maximum Gasteiger partial charge on any atom is 0.350 e. The van der Waals surface area contributed by atoms with Gasteiger partial charge in [0.05, 0.1) is 12.3 Å². The monoisotopic (exact) mass is 304 g/mol. The number of benzene rings is 1. The van der Waals surface area contributed by atoms with Crippen LogP contribution in [-0.2, 0) is 4.74 Å². The smallest absolute Gasteiger partial charge is 0.350 e. The second-order valence-corrected chi connectivity index (χ2v) is 6.05. The van der Waals surface area contributed by atoms with Gasteiger partial charge in [0.25, 0.3) is 0 Å². The molecule has 2 rings (SSSR count). The molecule has 2 aromatic rings. The summed E-state index contributed by atoms with van der Waals surface area (Å²) in [7, 11) is 0. The largest absolute Gasteiger partial charge is 0.462 e. The molecule has 0 aliphatic carbocycles. The summed E-state index contributed by atoms with van der Waals surface area (Å²) in [6, 6.07) is 8.24. The van der Waals surface area contributed by atoms with Gasteiger partial charge < -0.3 is 10.1 Å². The number of ether oxygens (including phenoxy) is 1. The molecule has 1 aromatic heterocycles. The molecule has 0 unspecified atom stereocenters. The van der Waals surface area contributed by atoms with Crippen LogP contribution in [0.1, 0.15) is 47.6 Å². The molecule has 0 bridgehead atoms. The summed E-state index contributed by atoms with van der Waals surface area (Å²) in [5.41, 5.74) is 2.95. The molecule has 0 fully saturated rings. The number of nitrogens with zero attached hydrogens (tertiary/aromatic N) is 1. The van der Waals surface area contributed by atoms with Crippen LogP contribution in [0, 0.1) is 6.92 Å². The van der Waals surface area contributed by atoms with Gasteiger partial charge in [-0.1, -0.05) is 37.3 Å². The van der Waals surface area contributed by atoms with E-state index in [0.717, 1.165) is 5.69 Å². The van der Waals surface area contributed by atoms with Crippen LogP contribution in [0.4, 0.5) is 10.8 Å². The Balaban J connectivity index is 2.13. The lowest BCUT2D eigenvalue weighted by Crippen LogP contribution is -2.03. The van der Waals surface area contributed by atoms with Crippen LogP contribution >= 0.6 is 11.3 Å². The number of carbonyl (C=O) groups excluding carboxylic acids is 1. The fourth-order valence-corrected chi connectivity index (χ4v) is 2.79. The fraction of sp³-hybridized carbons (Fsp3) is 0.375. The minimum absolute atomic E-state index is 0.310. The number of aryl methyl sites for hydroxylation is 1. The standard InChI is InChI=1S/C16H20N2O2S/c1-5-20-15(19)14-11(4)17-16(21-14)18-13-8-6-12(7-9-13)10(2)3/h6-10H,5H2,1-4H3,(H,17,18). The zero-order valence-electron chi connectivity index (χ0n) is 12.8. The van der Waals surface area contributed by atoms with Crippen molar-refractivity contribution in [2.24, 2.45) is 0 Å². The third-order valence-electron chi connectivity index (χ3n) is 3.09. The highest BCUT2D eigenvalue weighted by Crippen LogP contribution is 2.27. The summed E-state index contributed by atoms with van der Waals surface area (Å²) in [5, 5.41) is 3.93. The number of carbonyl (C=O) groups is 1. The van der Waals surface area contributed by atoms with E-state index in [-0.39, 0.29) is 5.97 Å². The van der Waals surface area contributed by atoms with Gasteiger partial charge in [-0.3, -0.25) is 0 Å². The normalized spacial score (nSPS) is 10.7. The van der Waals surface area contributed by atoms with Gasteiger partial charge in [-0.05, 0) is 37.5 Å². The summed E-state index contributed by atoms with van der Waals surface area (Å²) in [6.07, 6.45) is 0. The van der Waals surface area contributed by atoms with Gasteiger partial charge in [-0.25, -0.2) is 9.78 Å². The predicted octanol–water partition coefficient (Wildman–Crippen LogP) is 4.50. The van der Waals surface area contributed by atoms with E-state index in [1.54, 1.807) is 6.92 Å². The molecule has 0 radical (unpaired) electrons. The van der Waals surface area contributed by atoms with Crippen LogP contribution < -0.4 is 5.32 Å². The first-order valence-corrected chi connectivity index (χ1v) is 7.84. The molecule has 0 amide bonds. The number of hydrogen-bond acceptors (Lipinski definition) is 5. The van der Waals surface area contributed by atoms with E-state index in [1.165, 1.54) is 16.9 Å². The summed E-state index contributed by atoms with van der Waals surface area (Å²) >= 11 is 1.32. The van der Waals surface area contributed by atoms with Gasteiger partial charge >= 0.3 is 5.97 Å². The Morgan fingerprint density at radius 1 is 1.33 bits per heavy atom. The van der Waals surface area contributed by atoms with Crippen LogP contribution in [0.2, 0.25) is 0 Å². The number of hydrogen-bond donors (Lipinski definition) is 1. The van der Waals surface area contributed by atoms with E-state index in [2.05, 4.69) is 36.3 Å². The molecule has 21 heavy (non-hydrogen) atoms. The van der Waals surface area contributed by atoms with Gasteiger partial charge in [0.15, 0.2) is 5.13 Å². The maximum atomic E-state index is 11.8. The summed E-state index contributed by atoms with van der Waals surface area (Å²) in [4.78, 5) is 16.7. The molecule has 1 heterocycles. The lowest BCUT2D eigenvalue weighted by molar-refractivity contribution is 0.0531. The molecule has 0 saturated carbocycles. The molecule has 5 heteroatoms. The van der Waals surface area contributed by atoms with Crippen molar-refractivity contribution in [3.8, 4) is 0 Å². The zero-order valence-corrected chi connectivity index (χ0v) is 13.6. The summed E-state index contributed by atoms with van der Waals surface area (Å²) < 4.78 is 5.02. The highest BCUT2D eigenvalue weighted by atomic mass is 32.1. The van der Waals surface area contributed by atoms with Crippen molar-refractivity contribution in [1.29, 1.82) is 0 Å². The van der Waals surface area contributed by atoms with E-state index in [0.29, 0.717) is 28.2 Å². The lowest BCUT2D eigenvalue weighted by Gasteiger charge is -2.07. The first-order valence-electron chi connectivity index (χ1n) is 7.02. The molecule has 0 atom stereocenters. The van der Waals surface area contributed by atoms with Gasteiger partial charge in [0.1, 0.15) is 4.88 Å². The van der Waals surface area contributed by atoms with Crippen LogP contribution in [0.15, 0.2) is 24.3 Å². The van der Waals surface area contributed by atoms with Crippen molar-refractivity contribution in [3.05, 3.63) is 40.4 Å². The molecule has 1 aromatic carbocycles. The number of esters is 1. The van der Waals surface area contributed by atoms with E-state index >= 15 is 0 Å². The third kappa shape index (κ3) is 3.82. The molecule has 1 N–H and O–H groups in total. The Kier molecular flexibility index (Phi) is 4.96. The predicted molar refractivity (Wildman–Crippen MR) is 86.6 cm³/mol. The molecular formula is C16H20N2O2S. The molecular weight excluding hydrogens is 284 g/mol. The Morgan fingerprint density at radius 2 is 2.00 bits per heavy atom. The van der Waals surface area contributed by atoms with Crippen molar-refractivity contribution >= 4 is 28.1 Å². The number of aromatic nitrogens is 1. The van der Waals surface area contributed by atoms with Crippen LogP contribution in [0.5, 0.6) is 0 Å². The fourth-order valence-electron chi connectivity index (χ4n) is 1.91. The van der Waals surface area contributed by atoms with Crippen molar-refractivity contribution in [1.82, 2.24) is 4.98 Å². The Labute approximate surface area is 129 Å².